The molecule has 0 saturated carbocycles. The first-order chi connectivity index (χ1) is 17.0. The maximum atomic E-state index is 12.9. The van der Waals surface area contributed by atoms with Gasteiger partial charge in [0.25, 0.3) is 0 Å². The van der Waals surface area contributed by atoms with E-state index in [2.05, 4.69) is 15.5 Å². The number of aromatic nitrogens is 3. The van der Waals surface area contributed by atoms with Gasteiger partial charge >= 0.3 is 0 Å². The maximum Gasteiger partial charge on any atom is 0.216 e. The molecular formula is C27H26N4O3S. The number of carbonyl (C=O) groups is 2. The van der Waals surface area contributed by atoms with Crippen molar-refractivity contribution in [2.24, 2.45) is 0 Å². The van der Waals surface area contributed by atoms with E-state index in [-0.39, 0.29) is 17.4 Å². The van der Waals surface area contributed by atoms with Crippen molar-refractivity contribution in [1.29, 1.82) is 0 Å². The van der Waals surface area contributed by atoms with Gasteiger partial charge in [0.15, 0.2) is 10.9 Å². The van der Waals surface area contributed by atoms with Crippen LogP contribution in [0, 0.1) is 0 Å². The van der Waals surface area contributed by atoms with E-state index in [4.69, 9.17) is 4.74 Å². The molecule has 0 spiro atoms. The summed E-state index contributed by atoms with van der Waals surface area (Å²) in [5.41, 5.74) is 3.69. The summed E-state index contributed by atoms with van der Waals surface area (Å²) >= 11 is 1.34. The van der Waals surface area contributed by atoms with Crippen molar-refractivity contribution in [3.8, 4) is 22.6 Å². The Morgan fingerprint density at radius 2 is 1.60 bits per heavy atom. The Morgan fingerprint density at radius 3 is 2.26 bits per heavy atom. The number of ketones is 1. The first-order valence-electron chi connectivity index (χ1n) is 11.2. The zero-order chi connectivity index (χ0) is 24.6. The summed E-state index contributed by atoms with van der Waals surface area (Å²) in [6.45, 7) is 1.93. The van der Waals surface area contributed by atoms with Crippen LogP contribution >= 0.6 is 11.8 Å². The van der Waals surface area contributed by atoms with Gasteiger partial charge in [-0.1, -0.05) is 66.4 Å². The first-order valence-corrected chi connectivity index (χ1v) is 12.2. The van der Waals surface area contributed by atoms with Gasteiger partial charge in [0, 0.05) is 31.1 Å². The molecule has 1 N–H and O–H groups in total. The molecule has 7 nitrogen and oxygen atoms in total. The monoisotopic (exact) mass is 486 g/mol. The molecule has 0 fully saturated rings. The predicted molar refractivity (Wildman–Crippen MR) is 137 cm³/mol. The van der Waals surface area contributed by atoms with Gasteiger partial charge in [0.2, 0.25) is 5.91 Å². The van der Waals surface area contributed by atoms with Crippen molar-refractivity contribution in [1.82, 2.24) is 20.1 Å². The Hall–Kier alpha value is -3.91. The number of carbonyl (C=O) groups excluding carboxylic acids is 2. The van der Waals surface area contributed by atoms with E-state index in [9.17, 15) is 9.59 Å². The summed E-state index contributed by atoms with van der Waals surface area (Å²) in [6, 6.07) is 25.3. The third-order valence-electron chi connectivity index (χ3n) is 5.40. The number of hydrogen-bond acceptors (Lipinski definition) is 6. The van der Waals surface area contributed by atoms with Crippen LogP contribution in [0.5, 0.6) is 5.75 Å². The van der Waals surface area contributed by atoms with Gasteiger partial charge in [0.1, 0.15) is 11.6 Å². The number of Topliss-reactive ketones (excluding diaryl/α,β-unsaturated/α-hetero) is 1. The quantitative estimate of drug-likeness (QED) is 0.261. The highest BCUT2D eigenvalue weighted by Gasteiger charge is 2.17. The molecule has 1 heterocycles. The molecule has 0 aliphatic carbocycles. The second-order valence-electron chi connectivity index (χ2n) is 7.82. The molecule has 0 unspecified atom stereocenters. The molecule has 8 heteroatoms. The molecule has 0 aliphatic rings. The van der Waals surface area contributed by atoms with E-state index >= 15 is 0 Å². The van der Waals surface area contributed by atoms with Crippen molar-refractivity contribution in [3.05, 3.63) is 90.3 Å². The fourth-order valence-electron chi connectivity index (χ4n) is 3.59. The Balaban J connectivity index is 1.50. The number of benzene rings is 3. The topological polar surface area (TPSA) is 86.1 Å². The van der Waals surface area contributed by atoms with Gasteiger partial charge in [-0.05, 0) is 35.4 Å². The van der Waals surface area contributed by atoms with Crippen LogP contribution in [0.4, 0.5) is 0 Å². The second-order valence-corrected chi connectivity index (χ2v) is 8.76. The lowest BCUT2D eigenvalue weighted by molar-refractivity contribution is -0.118. The molecule has 35 heavy (non-hydrogen) atoms. The number of amides is 1. The van der Waals surface area contributed by atoms with Gasteiger partial charge in [0.05, 0.1) is 12.9 Å². The average molecular weight is 487 g/mol. The standard InChI is InChI=1S/C27H26N4O3S/c1-19(32)28-17-16-26-29-30-27(31(26)23-12-14-24(34-2)15-13-23)35-18-25(33)22-10-8-21(9-11-22)20-6-4-3-5-7-20/h3-15H,16-18H2,1-2H3,(H,28,32). The summed E-state index contributed by atoms with van der Waals surface area (Å²) in [7, 11) is 1.62. The minimum atomic E-state index is -0.0982. The van der Waals surface area contributed by atoms with Crippen LogP contribution in [-0.4, -0.2) is 45.9 Å². The SMILES string of the molecule is COc1ccc(-n2c(CCNC(C)=O)nnc2SCC(=O)c2ccc(-c3ccccc3)cc2)cc1. The minimum absolute atomic E-state index is 0.0127. The van der Waals surface area contributed by atoms with Crippen LogP contribution in [0.1, 0.15) is 23.1 Å². The Morgan fingerprint density at radius 1 is 0.914 bits per heavy atom. The molecule has 1 aromatic heterocycles. The summed E-state index contributed by atoms with van der Waals surface area (Å²) in [6.07, 6.45) is 0.508. The molecule has 4 rings (SSSR count). The number of nitrogens with zero attached hydrogens (tertiary/aromatic N) is 3. The zero-order valence-electron chi connectivity index (χ0n) is 19.6. The van der Waals surface area contributed by atoms with Crippen LogP contribution in [0.15, 0.2) is 84.0 Å². The molecule has 0 aliphatic heterocycles. The fraction of sp³-hybridized carbons (Fsp3) is 0.185. The maximum absolute atomic E-state index is 12.9. The minimum Gasteiger partial charge on any atom is -0.497 e. The van der Waals surface area contributed by atoms with Crippen molar-refractivity contribution >= 4 is 23.5 Å². The molecule has 4 aromatic rings. The summed E-state index contributed by atoms with van der Waals surface area (Å²) in [4.78, 5) is 24.2. The summed E-state index contributed by atoms with van der Waals surface area (Å²) in [5.74, 6) is 1.58. The number of methoxy groups -OCH3 is 1. The third kappa shape index (κ3) is 6.16. The van der Waals surface area contributed by atoms with Crippen molar-refractivity contribution in [3.63, 3.8) is 0 Å². The Bertz CT molecular complexity index is 1290. The van der Waals surface area contributed by atoms with Gasteiger partial charge in [-0.3, -0.25) is 14.2 Å². The van der Waals surface area contributed by atoms with E-state index in [1.54, 1.807) is 7.11 Å². The Labute approximate surface area is 208 Å². The average Bonchev–Trinajstić information content (AvgIpc) is 3.30. The molecule has 178 valence electrons. The number of ether oxygens (including phenoxy) is 1. The lowest BCUT2D eigenvalue weighted by atomic mass is 10.0. The highest BCUT2D eigenvalue weighted by atomic mass is 32.2. The largest absolute Gasteiger partial charge is 0.497 e. The lowest BCUT2D eigenvalue weighted by Gasteiger charge is -2.11. The fourth-order valence-corrected chi connectivity index (χ4v) is 4.45. The molecule has 3 aromatic carbocycles. The number of rotatable bonds is 10. The third-order valence-corrected chi connectivity index (χ3v) is 6.33. The summed E-state index contributed by atoms with van der Waals surface area (Å²) < 4.78 is 7.18. The van der Waals surface area contributed by atoms with Crippen LogP contribution < -0.4 is 10.1 Å². The number of thioether (sulfide) groups is 1. The highest BCUT2D eigenvalue weighted by molar-refractivity contribution is 7.99. The van der Waals surface area contributed by atoms with Gasteiger partial charge in [-0.15, -0.1) is 10.2 Å². The normalized spacial score (nSPS) is 10.7. The van der Waals surface area contributed by atoms with Crippen LogP contribution in [0.3, 0.4) is 0 Å². The molecule has 0 saturated heterocycles. The Kier molecular flexibility index (Phi) is 7.95. The van der Waals surface area contributed by atoms with Crippen LogP contribution in [-0.2, 0) is 11.2 Å². The number of nitrogens with one attached hydrogen (secondary N) is 1. The smallest absolute Gasteiger partial charge is 0.216 e. The molecular weight excluding hydrogens is 460 g/mol. The van der Waals surface area contributed by atoms with Gasteiger partial charge < -0.3 is 10.1 Å². The summed E-state index contributed by atoms with van der Waals surface area (Å²) in [5, 5.41) is 12.1. The van der Waals surface area contributed by atoms with Gasteiger partial charge in [-0.2, -0.15) is 0 Å². The van der Waals surface area contributed by atoms with Crippen molar-refractivity contribution < 1.29 is 14.3 Å². The molecule has 0 radical (unpaired) electrons. The first kappa shape index (κ1) is 24.2. The van der Waals surface area contributed by atoms with Crippen molar-refractivity contribution in [2.75, 3.05) is 19.4 Å². The second kappa shape index (κ2) is 11.5. The highest BCUT2D eigenvalue weighted by Crippen LogP contribution is 2.25. The molecule has 1 amide bonds. The van der Waals surface area contributed by atoms with E-state index in [1.807, 2.05) is 83.4 Å². The number of hydrogen-bond donors (Lipinski definition) is 1. The predicted octanol–water partition coefficient (Wildman–Crippen LogP) is 4.60. The van der Waals surface area contributed by atoms with Crippen LogP contribution in [0.2, 0.25) is 0 Å². The molecule has 0 bridgehead atoms. The zero-order valence-corrected chi connectivity index (χ0v) is 20.4. The van der Waals surface area contributed by atoms with Crippen molar-refractivity contribution in [2.45, 2.75) is 18.5 Å². The van der Waals surface area contributed by atoms with Crippen LogP contribution in [0.25, 0.3) is 16.8 Å². The van der Waals surface area contributed by atoms with E-state index in [0.717, 1.165) is 22.6 Å². The van der Waals surface area contributed by atoms with Gasteiger partial charge in [-0.25, -0.2) is 0 Å². The van der Waals surface area contributed by atoms with E-state index < -0.39 is 0 Å². The molecule has 0 atom stereocenters. The van der Waals surface area contributed by atoms with E-state index in [1.165, 1.54) is 18.7 Å². The van der Waals surface area contributed by atoms with E-state index in [0.29, 0.717) is 29.5 Å². The lowest BCUT2D eigenvalue weighted by Crippen LogP contribution is -2.23.